The number of unbranched alkanes of at least 4 members (excludes halogenated alkanes) is 8. The number of aliphatic hydroxyl groups is 4. The minimum Gasteiger partial charge on any atom is -0.480 e. The Labute approximate surface area is 471 Å². The number of carbonyl (C=O) groups is 5. The number of aromatic nitrogens is 2. The maximum Gasteiger partial charge on any atom is 0.330 e. The van der Waals surface area contributed by atoms with E-state index in [2.05, 4.69) is 19.1 Å². The van der Waals surface area contributed by atoms with Gasteiger partial charge in [-0.1, -0.05) is 58.1 Å². The molecule has 0 bridgehead atoms. The molecule has 0 radical (unpaired) electrons. The highest BCUT2D eigenvalue weighted by Gasteiger charge is 2.57. The molecule has 460 valence electrons. The lowest BCUT2D eigenvalue weighted by molar-refractivity contribution is -0.297. The minimum absolute atomic E-state index is 0.199. The standard InChI is InChI=1S/C54H87N5O22/c1-9-10-11-12-13-14-15-16-17-18-19-20-21-31(76-35(61)24-29(2)25-36(62)79-53-48(74-8)47(73-7)44(72-6)30(3)75-53)26-37(63)77-33-28-57(4)39(49(68)58(5)38(33)51(69)70)45(81-52-43(67)40(64)32(27-55)78-52)46-41(65)42(66)50(80-46)59-23-22-34(60)56-54(59)71/h16-17,22-23,29-33,38-48,50,52-53,64-67H,9-15,18-21,24-28,55H2,1-8H3,(H,69,70)(H,56,60,71)/b17-16-/t29-,30-,31-,32+,33-,38-,39-,40+,41-,42+,43+,44-,45?,46-,47+,48+,50+,52-,53-/m0/s1. The van der Waals surface area contributed by atoms with Crippen molar-refractivity contribution in [3.05, 3.63) is 45.3 Å². The number of nitrogens with two attached hydrogens (primary N) is 1. The van der Waals surface area contributed by atoms with Crippen LogP contribution in [0.1, 0.15) is 117 Å². The Morgan fingerprint density at radius 1 is 0.778 bits per heavy atom. The van der Waals surface area contributed by atoms with E-state index in [4.69, 9.17) is 53.1 Å². The Kier molecular flexibility index (Phi) is 26.8. The van der Waals surface area contributed by atoms with E-state index in [1.165, 1.54) is 59.0 Å². The second kappa shape index (κ2) is 32.3. The monoisotopic (exact) mass is 1160 g/mol. The summed E-state index contributed by atoms with van der Waals surface area (Å²) in [6, 6.07) is -2.62. The first-order valence-electron chi connectivity index (χ1n) is 28.0. The van der Waals surface area contributed by atoms with Crippen LogP contribution in [-0.2, 0) is 71.3 Å². The summed E-state index contributed by atoms with van der Waals surface area (Å²) in [6.07, 6.45) is -7.47. The molecular weight excluding hydrogens is 1070 g/mol. The number of carboxylic acid groups (broad SMARTS) is 1. The van der Waals surface area contributed by atoms with E-state index in [1.54, 1.807) is 13.8 Å². The number of rotatable bonds is 31. The van der Waals surface area contributed by atoms with Gasteiger partial charge in [0.1, 0.15) is 79.3 Å². The molecule has 1 unspecified atom stereocenters. The van der Waals surface area contributed by atoms with Gasteiger partial charge in [0, 0.05) is 66.6 Å². The molecule has 4 aliphatic rings. The molecule has 27 heteroatoms. The number of nitrogens with zero attached hydrogens (tertiary/aromatic N) is 3. The quantitative estimate of drug-likeness (QED) is 0.0223. The number of likely N-dealkylation sites (N-methyl/N-ethyl adjacent to an activating group) is 2. The number of methoxy groups -OCH3 is 3. The number of aliphatic hydroxyl groups excluding tert-OH is 4. The summed E-state index contributed by atoms with van der Waals surface area (Å²) >= 11 is 0. The van der Waals surface area contributed by atoms with Gasteiger partial charge < -0.3 is 83.5 Å². The van der Waals surface area contributed by atoms with Crippen molar-refractivity contribution in [1.29, 1.82) is 0 Å². The maximum absolute atomic E-state index is 14.7. The van der Waals surface area contributed by atoms with Crippen LogP contribution in [0.5, 0.6) is 0 Å². The highest BCUT2D eigenvalue weighted by Crippen LogP contribution is 2.37. The number of carboxylic acids is 1. The molecule has 0 spiro atoms. The summed E-state index contributed by atoms with van der Waals surface area (Å²) < 4.78 is 58.8. The third kappa shape index (κ3) is 17.9. The summed E-state index contributed by atoms with van der Waals surface area (Å²) in [5, 5.41) is 55.2. The number of H-pyrrole nitrogens is 1. The van der Waals surface area contributed by atoms with Crippen molar-refractivity contribution in [2.45, 2.75) is 221 Å². The number of ether oxygens (including phenoxy) is 10. The zero-order valence-corrected chi connectivity index (χ0v) is 47.7. The fourth-order valence-electron chi connectivity index (χ4n) is 10.9. The van der Waals surface area contributed by atoms with Crippen LogP contribution in [0.3, 0.4) is 0 Å². The molecule has 19 atom stereocenters. The summed E-state index contributed by atoms with van der Waals surface area (Å²) in [6.45, 7) is 4.76. The van der Waals surface area contributed by atoms with E-state index < -0.39 is 170 Å². The first kappa shape index (κ1) is 67.0. The summed E-state index contributed by atoms with van der Waals surface area (Å²) in [5.74, 6) is -5.62. The molecule has 0 saturated carbocycles. The number of hydrogen-bond donors (Lipinski definition) is 7. The SMILES string of the molecule is CCCCCCCC/C=C\CCCC[C@@H](CC(=O)O[C@H]1CN(C)[C@@H](C(O[C@@H]2O[C@H](CN)[C@@H](O)[C@H]2O)[C@H]2O[C@@H](n3ccc(=O)[nH]c3=O)[C@H](O)[C@@H]2O)C(=O)N(C)[C@@H]1C(=O)O)OC(=O)C[C@H](C)CC(=O)O[C@@H]1O[C@@H](C)[C@H](OC)[C@@H](OC)[C@H]1OC. The number of nitrogens with one attached hydrogen (secondary N) is 1. The highest BCUT2D eigenvalue weighted by atomic mass is 16.7. The van der Waals surface area contributed by atoms with Gasteiger partial charge in [-0.05, 0) is 58.4 Å². The number of aliphatic carboxylic acids is 1. The Bertz CT molecular complexity index is 2320. The lowest BCUT2D eigenvalue weighted by atomic mass is 9.97. The summed E-state index contributed by atoms with van der Waals surface area (Å²) in [5.41, 5.74) is 3.94. The fourth-order valence-corrected chi connectivity index (χ4v) is 10.9. The number of esters is 3. The van der Waals surface area contributed by atoms with Crippen molar-refractivity contribution in [3.63, 3.8) is 0 Å². The minimum atomic E-state index is -1.97. The predicted octanol–water partition coefficient (Wildman–Crippen LogP) is 0.00220. The van der Waals surface area contributed by atoms with E-state index in [1.807, 2.05) is 4.98 Å². The van der Waals surface area contributed by atoms with Crippen LogP contribution in [0.2, 0.25) is 0 Å². The number of allylic oxidation sites excluding steroid dienone is 2. The first-order valence-corrected chi connectivity index (χ1v) is 28.0. The van der Waals surface area contributed by atoms with Crippen LogP contribution < -0.4 is 17.0 Å². The van der Waals surface area contributed by atoms with Gasteiger partial charge in [-0.3, -0.25) is 38.4 Å². The normalized spacial score (nSPS) is 32.1. The smallest absolute Gasteiger partial charge is 0.330 e. The van der Waals surface area contributed by atoms with Crippen molar-refractivity contribution in [1.82, 2.24) is 19.4 Å². The van der Waals surface area contributed by atoms with Crippen molar-refractivity contribution in [2.75, 3.05) is 48.5 Å². The largest absolute Gasteiger partial charge is 0.480 e. The van der Waals surface area contributed by atoms with E-state index in [-0.39, 0.29) is 25.8 Å². The van der Waals surface area contributed by atoms with Gasteiger partial charge in [0.25, 0.3) is 5.56 Å². The van der Waals surface area contributed by atoms with Crippen molar-refractivity contribution >= 4 is 29.8 Å². The van der Waals surface area contributed by atoms with E-state index in [0.717, 1.165) is 54.5 Å². The van der Waals surface area contributed by atoms with Crippen LogP contribution >= 0.6 is 0 Å². The van der Waals surface area contributed by atoms with E-state index in [0.29, 0.717) is 12.8 Å². The van der Waals surface area contributed by atoms with E-state index in [9.17, 15) is 59.1 Å². The molecule has 5 rings (SSSR count). The van der Waals surface area contributed by atoms with Crippen LogP contribution in [0, 0.1) is 5.92 Å². The number of amides is 1. The number of hydrogen-bond acceptors (Lipinski definition) is 23. The van der Waals surface area contributed by atoms with Gasteiger partial charge in [0.2, 0.25) is 12.2 Å². The number of aromatic amines is 1. The molecule has 81 heavy (non-hydrogen) atoms. The van der Waals surface area contributed by atoms with Gasteiger partial charge >= 0.3 is 29.6 Å². The van der Waals surface area contributed by atoms with Crippen LogP contribution in [0.4, 0.5) is 0 Å². The second-order valence-corrected chi connectivity index (χ2v) is 21.4. The fraction of sp³-hybridized carbons (Fsp3) is 0.796. The maximum atomic E-state index is 14.7. The molecule has 1 aromatic heterocycles. The number of carbonyl (C=O) groups excluding carboxylic acids is 4. The Morgan fingerprint density at radius 3 is 2.02 bits per heavy atom. The molecule has 4 fully saturated rings. The zero-order chi connectivity index (χ0) is 59.7. The molecule has 27 nitrogen and oxygen atoms in total. The van der Waals surface area contributed by atoms with Gasteiger partial charge in [-0.15, -0.1) is 0 Å². The molecule has 4 saturated heterocycles. The molecule has 1 amide bonds. The van der Waals surface area contributed by atoms with Crippen LogP contribution in [0.25, 0.3) is 0 Å². The van der Waals surface area contributed by atoms with Gasteiger partial charge in [-0.25, -0.2) is 9.59 Å². The van der Waals surface area contributed by atoms with Crippen molar-refractivity contribution in [2.24, 2.45) is 11.7 Å². The lowest BCUT2D eigenvalue weighted by Crippen LogP contribution is -2.59. The average Bonchev–Trinajstić information content (AvgIpc) is 3.83. The van der Waals surface area contributed by atoms with Crippen molar-refractivity contribution in [3.8, 4) is 0 Å². The van der Waals surface area contributed by atoms with Gasteiger partial charge in [0.05, 0.1) is 12.5 Å². The lowest BCUT2D eigenvalue weighted by Gasteiger charge is -2.43. The summed E-state index contributed by atoms with van der Waals surface area (Å²) in [7, 11) is 6.86. The average molecular weight is 1160 g/mol. The second-order valence-electron chi connectivity index (χ2n) is 21.4. The molecule has 0 aromatic carbocycles. The molecule has 5 heterocycles. The highest BCUT2D eigenvalue weighted by molar-refractivity contribution is 5.88. The Balaban J connectivity index is 1.33. The zero-order valence-electron chi connectivity index (χ0n) is 47.7. The topological polar surface area (TPSA) is 366 Å². The summed E-state index contributed by atoms with van der Waals surface area (Å²) in [4.78, 5) is 97.7. The molecule has 4 aliphatic heterocycles. The van der Waals surface area contributed by atoms with Crippen LogP contribution in [0.15, 0.2) is 34.0 Å². The molecular formula is C54H87N5O22. The molecule has 0 aliphatic carbocycles. The van der Waals surface area contributed by atoms with Gasteiger partial charge in [-0.2, -0.15) is 0 Å². The van der Waals surface area contributed by atoms with Gasteiger partial charge in [0.15, 0.2) is 18.6 Å². The van der Waals surface area contributed by atoms with E-state index >= 15 is 0 Å². The molecule has 1 aromatic rings. The Morgan fingerprint density at radius 2 is 1.41 bits per heavy atom. The first-order chi connectivity index (χ1) is 38.6. The predicted molar refractivity (Wildman–Crippen MR) is 284 cm³/mol. The Hall–Kier alpha value is -4.75. The molecule has 8 N–H and O–H groups in total. The van der Waals surface area contributed by atoms with Crippen LogP contribution in [-0.4, -0.2) is 227 Å². The third-order valence-corrected chi connectivity index (χ3v) is 15.3. The van der Waals surface area contributed by atoms with Crippen molar-refractivity contribution < 1.29 is 96.9 Å². The third-order valence-electron chi connectivity index (χ3n) is 15.3.